The minimum Gasteiger partial charge on any atom is -0.490 e. The van der Waals surface area contributed by atoms with E-state index in [0.29, 0.717) is 5.69 Å². The van der Waals surface area contributed by atoms with Crippen LogP contribution in [0.3, 0.4) is 0 Å². The van der Waals surface area contributed by atoms with Gasteiger partial charge in [-0.15, -0.1) is 0 Å². The quantitative estimate of drug-likeness (QED) is 0.837. The zero-order chi connectivity index (χ0) is 20.7. The topological polar surface area (TPSA) is 111 Å². The van der Waals surface area contributed by atoms with E-state index in [2.05, 4.69) is 10.3 Å². The molecule has 1 amide bonds. The molecular formula is C21H27N3O4. The third kappa shape index (κ3) is 5.54. The molecule has 1 saturated carbocycles. The van der Waals surface area contributed by atoms with Gasteiger partial charge in [-0.3, -0.25) is 9.78 Å². The SMILES string of the molecule is Cc1cc(N)c2c(OC3CCC(NC(=O)C(C)C)CC3)cccc2n1.O=C=O. The van der Waals surface area contributed by atoms with Gasteiger partial charge in [0.1, 0.15) is 5.75 Å². The molecule has 7 nitrogen and oxygen atoms in total. The highest BCUT2D eigenvalue weighted by Crippen LogP contribution is 2.33. The molecular weight excluding hydrogens is 358 g/mol. The Morgan fingerprint density at radius 1 is 1.25 bits per heavy atom. The Hall–Kier alpha value is -2.92. The summed E-state index contributed by atoms with van der Waals surface area (Å²) in [6.07, 6.45) is 4.15. The van der Waals surface area contributed by atoms with Crippen molar-refractivity contribution in [3.8, 4) is 5.75 Å². The summed E-state index contributed by atoms with van der Waals surface area (Å²) in [7, 11) is 0. The highest BCUT2D eigenvalue weighted by Gasteiger charge is 2.25. The van der Waals surface area contributed by atoms with Crippen LogP contribution in [-0.2, 0) is 14.4 Å². The van der Waals surface area contributed by atoms with Crippen molar-refractivity contribution in [3.63, 3.8) is 0 Å². The number of anilines is 1. The fourth-order valence-corrected chi connectivity index (χ4v) is 3.39. The summed E-state index contributed by atoms with van der Waals surface area (Å²) in [6.45, 7) is 5.78. The number of aromatic nitrogens is 1. The van der Waals surface area contributed by atoms with Gasteiger partial charge >= 0.3 is 6.15 Å². The first-order chi connectivity index (χ1) is 13.3. The number of amides is 1. The molecule has 1 aromatic heterocycles. The van der Waals surface area contributed by atoms with Gasteiger partial charge in [-0.25, -0.2) is 0 Å². The molecule has 7 heteroatoms. The number of aryl methyl sites for hydroxylation is 1. The summed E-state index contributed by atoms with van der Waals surface area (Å²) in [5, 5.41) is 4.02. The number of carbonyl (C=O) groups excluding carboxylic acids is 3. The van der Waals surface area contributed by atoms with Crippen LogP contribution in [0.2, 0.25) is 0 Å². The molecule has 0 saturated heterocycles. The number of hydrogen-bond acceptors (Lipinski definition) is 6. The first kappa shape index (κ1) is 21.4. The second-order valence-electron chi connectivity index (χ2n) is 7.34. The standard InChI is InChI=1S/C20H27N3O2.CO2/c1-12(2)20(24)23-14-7-9-15(10-8-14)25-18-6-4-5-17-19(18)16(21)11-13(3)22-17;2-1-3/h4-6,11-12,14-15H,7-10H2,1-3H3,(H2,21,22)(H,23,24);. The average Bonchev–Trinajstić information content (AvgIpc) is 2.63. The van der Waals surface area contributed by atoms with Crippen LogP contribution in [0.1, 0.15) is 45.2 Å². The lowest BCUT2D eigenvalue weighted by Crippen LogP contribution is -2.41. The first-order valence-corrected chi connectivity index (χ1v) is 9.47. The van der Waals surface area contributed by atoms with Crippen molar-refractivity contribution in [1.29, 1.82) is 0 Å². The predicted octanol–water partition coefficient (Wildman–Crippen LogP) is 3.00. The number of nitrogens with two attached hydrogens (primary N) is 1. The van der Waals surface area contributed by atoms with E-state index >= 15 is 0 Å². The van der Waals surface area contributed by atoms with Crippen molar-refractivity contribution >= 4 is 28.6 Å². The van der Waals surface area contributed by atoms with E-state index < -0.39 is 0 Å². The van der Waals surface area contributed by atoms with Gasteiger partial charge in [0.25, 0.3) is 0 Å². The summed E-state index contributed by atoms with van der Waals surface area (Å²) in [6, 6.07) is 8.02. The number of nitrogen functional groups attached to an aromatic ring is 1. The lowest BCUT2D eigenvalue weighted by Gasteiger charge is -2.30. The van der Waals surface area contributed by atoms with E-state index in [1.165, 1.54) is 0 Å². The average molecular weight is 385 g/mol. The Morgan fingerprint density at radius 2 is 1.89 bits per heavy atom. The summed E-state index contributed by atoms with van der Waals surface area (Å²) >= 11 is 0. The van der Waals surface area contributed by atoms with Crippen LogP contribution >= 0.6 is 0 Å². The number of benzene rings is 1. The third-order valence-corrected chi connectivity index (χ3v) is 4.79. The molecule has 3 N–H and O–H groups in total. The number of fused-ring (bicyclic) bond motifs is 1. The van der Waals surface area contributed by atoms with Crippen LogP contribution in [0, 0.1) is 12.8 Å². The molecule has 1 aromatic carbocycles. The maximum absolute atomic E-state index is 11.8. The molecule has 0 atom stereocenters. The monoisotopic (exact) mass is 385 g/mol. The van der Waals surface area contributed by atoms with E-state index in [-0.39, 0.29) is 30.1 Å². The van der Waals surface area contributed by atoms with Gasteiger partial charge in [-0.05, 0) is 50.8 Å². The molecule has 1 heterocycles. The van der Waals surface area contributed by atoms with Crippen LogP contribution in [0.4, 0.5) is 5.69 Å². The third-order valence-electron chi connectivity index (χ3n) is 4.79. The minimum absolute atomic E-state index is 0.0311. The molecule has 0 unspecified atom stereocenters. The Bertz CT molecular complexity index is 852. The largest absolute Gasteiger partial charge is 0.490 e. The number of ether oxygens (including phenoxy) is 1. The zero-order valence-electron chi connectivity index (χ0n) is 16.5. The lowest BCUT2D eigenvalue weighted by atomic mass is 9.92. The molecule has 1 aliphatic rings. The van der Waals surface area contributed by atoms with Gasteiger partial charge in [0.15, 0.2) is 0 Å². The second kappa shape index (κ2) is 9.85. The van der Waals surface area contributed by atoms with Crippen LogP contribution in [0.15, 0.2) is 24.3 Å². The fraction of sp³-hybridized carbons (Fsp3) is 0.476. The van der Waals surface area contributed by atoms with Gasteiger partial charge in [0.2, 0.25) is 5.91 Å². The zero-order valence-corrected chi connectivity index (χ0v) is 16.5. The Balaban J connectivity index is 0.000000878. The number of carbonyl (C=O) groups is 1. The Morgan fingerprint density at radius 3 is 2.50 bits per heavy atom. The Kier molecular flexibility index (Phi) is 7.52. The summed E-state index contributed by atoms with van der Waals surface area (Å²) < 4.78 is 6.26. The van der Waals surface area contributed by atoms with Crippen molar-refractivity contribution < 1.29 is 19.1 Å². The number of nitrogens with zero attached hydrogens (tertiary/aromatic N) is 1. The first-order valence-electron chi connectivity index (χ1n) is 9.47. The van der Waals surface area contributed by atoms with Crippen molar-refractivity contribution in [3.05, 3.63) is 30.0 Å². The highest BCUT2D eigenvalue weighted by molar-refractivity contribution is 5.95. The van der Waals surface area contributed by atoms with Gasteiger partial charge < -0.3 is 15.8 Å². The van der Waals surface area contributed by atoms with Crippen LogP contribution < -0.4 is 15.8 Å². The van der Waals surface area contributed by atoms with E-state index in [9.17, 15) is 4.79 Å². The molecule has 1 fully saturated rings. The van der Waals surface area contributed by atoms with Crippen molar-refractivity contribution in [1.82, 2.24) is 10.3 Å². The van der Waals surface area contributed by atoms with E-state index in [4.69, 9.17) is 20.1 Å². The van der Waals surface area contributed by atoms with Gasteiger partial charge in [-0.1, -0.05) is 19.9 Å². The van der Waals surface area contributed by atoms with Crippen LogP contribution in [0.5, 0.6) is 5.75 Å². The molecule has 150 valence electrons. The Labute approximate surface area is 164 Å². The number of nitrogens with one attached hydrogen (secondary N) is 1. The molecule has 2 aromatic rings. The molecule has 28 heavy (non-hydrogen) atoms. The summed E-state index contributed by atoms with van der Waals surface area (Å²) in [4.78, 5) is 32.6. The molecule has 0 spiro atoms. The number of rotatable bonds is 4. The number of hydrogen-bond donors (Lipinski definition) is 2. The van der Waals surface area contributed by atoms with E-state index in [1.807, 2.05) is 45.0 Å². The predicted molar refractivity (Wildman–Crippen MR) is 106 cm³/mol. The molecule has 1 aliphatic carbocycles. The maximum Gasteiger partial charge on any atom is 0.373 e. The minimum atomic E-state index is 0.0311. The normalized spacial score (nSPS) is 18.7. The second-order valence-corrected chi connectivity index (χ2v) is 7.34. The fourth-order valence-electron chi connectivity index (χ4n) is 3.39. The van der Waals surface area contributed by atoms with Gasteiger partial charge in [-0.2, -0.15) is 9.59 Å². The summed E-state index contributed by atoms with van der Waals surface area (Å²) in [5.41, 5.74) is 8.68. The smallest absolute Gasteiger partial charge is 0.373 e. The van der Waals surface area contributed by atoms with Crippen LogP contribution in [0.25, 0.3) is 10.9 Å². The van der Waals surface area contributed by atoms with Crippen molar-refractivity contribution in [2.45, 2.75) is 58.6 Å². The molecule has 3 rings (SSSR count). The molecule has 0 radical (unpaired) electrons. The van der Waals surface area contributed by atoms with Gasteiger partial charge in [0, 0.05) is 23.3 Å². The van der Waals surface area contributed by atoms with Crippen LogP contribution in [-0.4, -0.2) is 29.2 Å². The molecule has 0 aliphatic heterocycles. The number of pyridine rings is 1. The lowest BCUT2D eigenvalue weighted by molar-refractivity contribution is -0.191. The van der Waals surface area contributed by atoms with E-state index in [0.717, 1.165) is 48.0 Å². The van der Waals surface area contributed by atoms with E-state index in [1.54, 1.807) is 0 Å². The highest BCUT2D eigenvalue weighted by atomic mass is 16.5. The molecule has 0 bridgehead atoms. The summed E-state index contributed by atoms with van der Waals surface area (Å²) in [5.74, 6) is 0.966. The maximum atomic E-state index is 11.8. The van der Waals surface area contributed by atoms with Gasteiger partial charge in [0.05, 0.1) is 17.0 Å². The van der Waals surface area contributed by atoms with Crippen molar-refractivity contribution in [2.75, 3.05) is 5.73 Å². The van der Waals surface area contributed by atoms with Crippen molar-refractivity contribution in [2.24, 2.45) is 5.92 Å².